The first-order chi connectivity index (χ1) is 11.5. The van der Waals surface area contributed by atoms with Crippen molar-refractivity contribution >= 4 is 17.5 Å². The average Bonchev–Trinajstić information content (AvgIpc) is 2.60. The SMILES string of the molecule is CCc1cccc(CC)c1NC(=O)CNC(=O)c1ccc(C)cc1. The van der Waals surface area contributed by atoms with E-state index in [4.69, 9.17) is 0 Å². The van der Waals surface area contributed by atoms with Gasteiger partial charge in [0, 0.05) is 11.3 Å². The summed E-state index contributed by atoms with van der Waals surface area (Å²) in [5.74, 6) is -0.462. The highest BCUT2D eigenvalue weighted by Crippen LogP contribution is 2.22. The van der Waals surface area contributed by atoms with Crippen molar-refractivity contribution in [1.29, 1.82) is 0 Å². The summed E-state index contributed by atoms with van der Waals surface area (Å²) in [7, 11) is 0. The lowest BCUT2D eigenvalue weighted by Gasteiger charge is -2.14. The molecule has 2 aromatic carbocycles. The van der Waals surface area contributed by atoms with Gasteiger partial charge >= 0.3 is 0 Å². The maximum Gasteiger partial charge on any atom is 0.251 e. The Kier molecular flexibility index (Phi) is 6.13. The number of rotatable bonds is 6. The van der Waals surface area contributed by atoms with Gasteiger partial charge in [-0.15, -0.1) is 0 Å². The molecule has 0 saturated carbocycles. The summed E-state index contributed by atoms with van der Waals surface area (Å²) < 4.78 is 0. The third-order valence-corrected chi connectivity index (χ3v) is 3.99. The minimum absolute atomic E-state index is 0.0477. The molecule has 4 nitrogen and oxygen atoms in total. The first-order valence-electron chi connectivity index (χ1n) is 8.30. The third kappa shape index (κ3) is 4.44. The Morgan fingerprint density at radius 3 is 2.04 bits per heavy atom. The summed E-state index contributed by atoms with van der Waals surface area (Å²) in [4.78, 5) is 24.3. The van der Waals surface area contributed by atoms with E-state index in [9.17, 15) is 9.59 Å². The maximum absolute atomic E-state index is 12.2. The monoisotopic (exact) mass is 324 g/mol. The predicted molar refractivity (Wildman–Crippen MR) is 97.3 cm³/mol. The van der Waals surface area contributed by atoms with E-state index in [0.29, 0.717) is 5.56 Å². The highest BCUT2D eigenvalue weighted by Gasteiger charge is 2.12. The number of amides is 2. The topological polar surface area (TPSA) is 58.2 Å². The molecule has 0 aliphatic rings. The molecular formula is C20H24N2O2. The van der Waals surface area contributed by atoms with Crippen LogP contribution in [0.15, 0.2) is 42.5 Å². The van der Waals surface area contributed by atoms with E-state index in [1.54, 1.807) is 12.1 Å². The van der Waals surface area contributed by atoms with Crippen LogP contribution >= 0.6 is 0 Å². The van der Waals surface area contributed by atoms with Crippen molar-refractivity contribution in [3.05, 3.63) is 64.7 Å². The fraction of sp³-hybridized carbons (Fsp3) is 0.300. The van der Waals surface area contributed by atoms with Gasteiger partial charge in [0.15, 0.2) is 0 Å². The lowest BCUT2D eigenvalue weighted by Crippen LogP contribution is -2.33. The molecule has 2 rings (SSSR count). The highest BCUT2D eigenvalue weighted by atomic mass is 16.2. The van der Waals surface area contributed by atoms with Crippen LogP contribution in [-0.4, -0.2) is 18.4 Å². The molecule has 2 N–H and O–H groups in total. The molecule has 0 fully saturated rings. The number of para-hydroxylation sites is 1. The molecular weight excluding hydrogens is 300 g/mol. The van der Waals surface area contributed by atoms with Gasteiger partial charge in [-0.2, -0.15) is 0 Å². The number of hydrogen-bond acceptors (Lipinski definition) is 2. The van der Waals surface area contributed by atoms with E-state index >= 15 is 0 Å². The van der Waals surface area contributed by atoms with Crippen LogP contribution in [0.1, 0.15) is 40.9 Å². The smallest absolute Gasteiger partial charge is 0.251 e. The second-order valence-corrected chi connectivity index (χ2v) is 5.76. The van der Waals surface area contributed by atoms with Gasteiger partial charge in [0.25, 0.3) is 5.91 Å². The Balaban J connectivity index is 1.99. The molecule has 0 aliphatic heterocycles. The summed E-state index contributed by atoms with van der Waals surface area (Å²) in [6.45, 7) is 6.03. The summed E-state index contributed by atoms with van der Waals surface area (Å²) >= 11 is 0. The standard InChI is InChI=1S/C20H24N2O2/c1-4-15-7-6-8-16(5-2)19(15)22-18(23)13-21-20(24)17-11-9-14(3)10-12-17/h6-12H,4-5,13H2,1-3H3,(H,21,24)(H,22,23). The molecule has 0 bridgehead atoms. The third-order valence-electron chi connectivity index (χ3n) is 3.99. The van der Waals surface area contributed by atoms with Gasteiger partial charge in [-0.05, 0) is 43.0 Å². The number of nitrogens with one attached hydrogen (secondary N) is 2. The molecule has 0 saturated heterocycles. The van der Waals surface area contributed by atoms with Gasteiger partial charge < -0.3 is 10.6 Å². The Hall–Kier alpha value is -2.62. The number of carbonyl (C=O) groups is 2. The van der Waals surface area contributed by atoms with Crippen LogP contribution in [0.25, 0.3) is 0 Å². The predicted octanol–water partition coefficient (Wildman–Crippen LogP) is 3.49. The quantitative estimate of drug-likeness (QED) is 0.854. The fourth-order valence-corrected chi connectivity index (χ4v) is 2.55. The first-order valence-corrected chi connectivity index (χ1v) is 8.30. The molecule has 0 radical (unpaired) electrons. The Labute approximate surface area is 143 Å². The van der Waals surface area contributed by atoms with Gasteiger partial charge in [0.1, 0.15) is 0 Å². The van der Waals surface area contributed by atoms with Gasteiger partial charge in [0.05, 0.1) is 6.54 Å². The number of hydrogen-bond donors (Lipinski definition) is 2. The zero-order valence-corrected chi connectivity index (χ0v) is 14.5. The Bertz CT molecular complexity index is 699. The summed E-state index contributed by atoms with van der Waals surface area (Å²) in [5, 5.41) is 5.61. The molecule has 0 spiro atoms. The molecule has 0 atom stereocenters. The number of anilines is 1. The van der Waals surface area contributed by atoms with Crippen LogP contribution in [-0.2, 0) is 17.6 Å². The lowest BCUT2D eigenvalue weighted by atomic mass is 10.0. The fourth-order valence-electron chi connectivity index (χ4n) is 2.55. The van der Waals surface area contributed by atoms with Crippen molar-refractivity contribution in [3.8, 4) is 0 Å². The van der Waals surface area contributed by atoms with Crippen LogP contribution < -0.4 is 10.6 Å². The molecule has 0 aliphatic carbocycles. The molecule has 4 heteroatoms. The molecule has 0 heterocycles. The Morgan fingerprint density at radius 2 is 1.50 bits per heavy atom. The van der Waals surface area contributed by atoms with Crippen molar-refractivity contribution in [2.45, 2.75) is 33.6 Å². The largest absolute Gasteiger partial charge is 0.343 e. The molecule has 0 aromatic heterocycles. The second-order valence-electron chi connectivity index (χ2n) is 5.76. The minimum atomic E-state index is -0.246. The van der Waals surface area contributed by atoms with E-state index in [1.165, 1.54) is 0 Å². The van der Waals surface area contributed by atoms with E-state index in [-0.39, 0.29) is 18.4 Å². The minimum Gasteiger partial charge on any atom is -0.343 e. The van der Waals surface area contributed by atoms with Gasteiger partial charge in [0.2, 0.25) is 5.91 Å². The Morgan fingerprint density at radius 1 is 0.917 bits per heavy atom. The van der Waals surface area contributed by atoms with E-state index < -0.39 is 0 Å². The van der Waals surface area contributed by atoms with E-state index in [2.05, 4.69) is 24.5 Å². The molecule has 0 unspecified atom stereocenters. The number of carbonyl (C=O) groups excluding carboxylic acids is 2. The number of aryl methyl sites for hydroxylation is 3. The molecule has 2 amide bonds. The zero-order valence-electron chi connectivity index (χ0n) is 14.5. The molecule has 2 aromatic rings. The molecule has 24 heavy (non-hydrogen) atoms. The van der Waals surface area contributed by atoms with Crippen LogP contribution in [0, 0.1) is 6.92 Å². The average molecular weight is 324 g/mol. The van der Waals surface area contributed by atoms with Crippen molar-refractivity contribution in [1.82, 2.24) is 5.32 Å². The highest BCUT2D eigenvalue weighted by molar-refractivity contribution is 5.99. The molecule has 126 valence electrons. The maximum atomic E-state index is 12.2. The second kappa shape index (κ2) is 8.29. The summed E-state index contributed by atoms with van der Waals surface area (Å²) in [5.41, 5.74) is 4.72. The van der Waals surface area contributed by atoms with Crippen molar-refractivity contribution in [2.75, 3.05) is 11.9 Å². The normalized spacial score (nSPS) is 10.3. The van der Waals surface area contributed by atoms with Crippen molar-refractivity contribution in [2.24, 2.45) is 0 Å². The summed E-state index contributed by atoms with van der Waals surface area (Å²) in [6, 6.07) is 13.3. The van der Waals surface area contributed by atoms with E-state index in [0.717, 1.165) is 35.2 Å². The van der Waals surface area contributed by atoms with Crippen LogP contribution in [0.5, 0.6) is 0 Å². The summed E-state index contributed by atoms with van der Waals surface area (Å²) in [6.07, 6.45) is 1.69. The van der Waals surface area contributed by atoms with Crippen molar-refractivity contribution in [3.63, 3.8) is 0 Å². The van der Waals surface area contributed by atoms with Gasteiger partial charge in [-0.3, -0.25) is 9.59 Å². The van der Waals surface area contributed by atoms with Crippen LogP contribution in [0.2, 0.25) is 0 Å². The van der Waals surface area contributed by atoms with Gasteiger partial charge in [-0.1, -0.05) is 49.7 Å². The van der Waals surface area contributed by atoms with Crippen LogP contribution in [0.4, 0.5) is 5.69 Å². The van der Waals surface area contributed by atoms with Crippen molar-refractivity contribution < 1.29 is 9.59 Å². The number of benzene rings is 2. The van der Waals surface area contributed by atoms with Gasteiger partial charge in [-0.25, -0.2) is 0 Å². The van der Waals surface area contributed by atoms with Crippen LogP contribution in [0.3, 0.4) is 0 Å². The van der Waals surface area contributed by atoms with E-state index in [1.807, 2.05) is 37.3 Å². The zero-order chi connectivity index (χ0) is 17.5. The lowest BCUT2D eigenvalue weighted by molar-refractivity contribution is -0.115. The first kappa shape index (κ1) is 17.7.